The van der Waals surface area contributed by atoms with Gasteiger partial charge in [0.25, 0.3) is 5.56 Å². The van der Waals surface area contributed by atoms with Gasteiger partial charge in [0.15, 0.2) is 29.2 Å². The molecule has 23 heteroatoms. The van der Waals surface area contributed by atoms with Crippen molar-refractivity contribution in [1.29, 1.82) is 5.26 Å². The van der Waals surface area contributed by atoms with Crippen molar-refractivity contribution in [2.24, 2.45) is 0 Å². The van der Waals surface area contributed by atoms with Crippen LogP contribution in [0.25, 0.3) is 22.3 Å². The van der Waals surface area contributed by atoms with E-state index in [9.17, 15) is 19.5 Å². The third kappa shape index (κ3) is 5.58. The number of halogens is 1. The molecule has 222 valence electrons. The molecule has 0 spiro atoms. The number of nitrogens with two attached hydrogens (primary N) is 1. The molecule has 2 unspecified atom stereocenters. The monoisotopic (exact) mass is 660 g/mol. The average molecular weight is 661 g/mol. The minimum absolute atomic E-state index is 0.0408. The number of nitrogen functional groups attached to an aromatic ring is 1. The van der Waals surface area contributed by atoms with Gasteiger partial charge in [0.05, 0.1) is 18.8 Å². The maximum Gasteiger partial charge on any atom is 0.387 e. The molecule has 4 aromatic heterocycles. The number of hydrogen-bond donors (Lipinski definition) is 4. The van der Waals surface area contributed by atoms with Gasteiger partial charge in [-0.25, -0.2) is 18.9 Å². The highest BCUT2D eigenvalue weighted by Crippen LogP contribution is 2.57. The molecule has 4 N–H and O–H groups in total. The number of fused-ring (bicyclic) bond motifs is 6. The molecule has 4 aromatic rings. The Morgan fingerprint density at radius 2 is 2.12 bits per heavy atom. The van der Waals surface area contributed by atoms with Gasteiger partial charge in [0, 0.05) is 12.7 Å². The number of alkyl halides is 1. The van der Waals surface area contributed by atoms with Crippen LogP contribution in [0, 0.1) is 11.3 Å². The molecule has 0 aromatic carbocycles. The molecule has 6 atom stereocenters. The SMILES string of the molecule is N#Cc1cnc2c(c1)nc1n2CCOP(O)(=S)OC[C@H]2O[C@@H](n3nnc4c(=O)[nH]c(N)nc43)[C@H](OP(=O)(S)OC1)[C@@H]2F. The summed E-state index contributed by atoms with van der Waals surface area (Å²) in [6.45, 7) is -9.51. The van der Waals surface area contributed by atoms with E-state index in [1.165, 1.54) is 16.8 Å². The number of thiol groups is 1. The summed E-state index contributed by atoms with van der Waals surface area (Å²) < 4.78 is 59.2. The van der Waals surface area contributed by atoms with Crippen molar-refractivity contribution in [2.45, 2.75) is 37.8 Å². The van der Waals surface area contributed by atoms with Gasteiger partial charge in [0.2, 0.25) is 5.95 Å². The summed E-state index contributed by atoms with van der Waals surface area (Å²) in [4.78, 5) is 37.7. The molecular formula is C19H19FN10O8P2S2. The smallest absolute Gasteiger partial charge is 0.369 e. The predicted molar refractivity (Wildman–Crippen MR) is 146 cm³/mol. The van der Waals surface area contributed by atoms with Gasteiger partial charge >= 0.3 is 13.5 Å². The molecule has 0 aliphatic carbocycles. The van der Waals surface area contributed by atoms with Crippen LogP contribution in [0.2, 0.25) is 0 Å². The number of aromatic nitrogens is 8. The number of aromatic amines is 1. The normalized spacial score (nSPS) is 30.9. The molecule has 18 nitrogen and oxygen atoms in total. The van der Waals surface area contributed by atoms with E-state index in [1.807, 2.05) is 6.07 Å². The first-order valence-corrected chi connectivity index (χ1v) is 17.2. The lowest BCUT2D eigenvalue weighted by Crippen LogP contribution is -2.32. The largest absolute Gasteiger partial charge is 0.387 e. The van der Waals surface area contributed by atoms with Crippen LogP contribution < -0.4 is 11.3 Å². The van der Waals surface area contributed by atoms with Crippen LogP contribution in [0.1, 0.15) is 17.6 Å². The number of H-pyrrole nitrogens is 1. The van der Waals surface area contributed by atoms with E-state index >= 15 is 4.39 Å². The molecule has 42 heavy (non-hydrogen) atoms. The quantitative estimate of drug-likeness (QED) is 0.163. The fourth-order valence-corrected chi connectivity index (χ4v) is 6.90. The van der Waals surface area contributed by atoms with Crippen LogP contribution in [-0.2, 0) is 52.4 Å². The van der Waals surface area contributed by atoms with E-state index in [0.29, 0.717) is 11.2 Å². The van der Waals surface area contributed by atoms with Crippen molar-refractivity contribution in [2.75, 3.05) is 18.9 Å². The lowest BCUT2D eigenvalue weighted by molar-refractivity contribution is -0.0520. The second-order valence-electron chi connectivity index (χ2n) is 8.93. The summed E-state index contributed by atoms with van der Waals surface area (Å²) >= 11 is 9.10. The van der Waals surface area contributed by atoms with Crippen LogP contribution in [0.3, 0.4) is 0 Å². The zero-order valence-electron chi connectivity index (χ0n) is 20.9. The zero-order valence-corrected chi connectivity index (χ0v) is 24.4. The Hall–Kier alpha value is -2.89. The van der Waals surface area contributed by atoms with Gasteiger partial charge in [-0.1, -0.05) is 17.5 Å². The third-order valence-electron chi connectivity index (χ3n) is 6.23. The summed E-state index contributed by atoms with van der Waals surface area (Å²) in [5.74, 6) is -0.107. The Kier molecular flexibility index (Phi) is 7.64. The molecule has 2 aliphatic heterocycles. The van der Waals surface area contributed by atoms with Crippen LogP contribution in [0.15, 0.2) is 17.1 Å². The third-order valence-corrected chi connectivity index (χ3v) is 9.45. The Morgan fingerprint density at radius 1 is 1.31 bits per heavy atom. The Bertz CT molecular complexity index is 1900. The number of imidazole rings is 1. The number of nitrogens with zero attached hydrogens (tertiary/aromatic N) is 8. The molecule has 1 fully saturated rings. The summed E-state index contributed by atoms with van der Waals surface area (Å²) in [6, 6.07) is 3.45. The number of nitrogens with one attached hydrogen (secondary N) is 1. The fourth-order valence-electron chi connectivity index (χ4n) is 4.41. The number of anilines is 1. The molecule has 0 saturated carbocycles. The Balaban J connectivity index is 1.38. The van der Waals surface area contributed by atoms with Crippen molar-refractivity contribution in [3.05, 3.63) is 34.0 Å². The number of ether oxygens (including phenoxy) is 1. The average Bonchev–Trinajstić information content (AvgIpc) is 3.59. The van der Waals surface area contributed by atoms with E-state index in [-0.39, 0.29) is 41.7 Å². The number of pyridine rings is 1. The van der Waals surface area contributed by atoms with Crippen molar-refractivity contribution in [1.82, 2.24) is 39.5 Å². The van der Waals surface area contributed by atoms with Gasteiger partial charge in [-0.15, -0.1) is 5.10 Å². The molecule has 6 rings (SSSR count). The summed E-state index contributed by atoms with van der Waals surface area (Å²) in [5, 5.41) is 16.8. The Morgan fingerprint density at radius 3 is 2.90 bits per heavy atom. The molecule has 2 aliphatic rings. The zero-order chi connectivity index (χ0) is 29.8. The summed E-state index contributed by atoms with van der Waals surface area (Å²) in [7, 11) is 0. The first-order chi connectivity index (χ1) is 19.9. The molecule has 0 radical (unpaired) electrons. The van der Waals surface area contributed by atoms with Crippen LogP contribution in [0.4, 0.5) is 10.3 Å². The standard InChI is InChI=1S/C19H19FN10O8P2S2/c20-12-10-6-35-39(32,41)34-2-1-29-11(24-9-3-8(4-21)5-23-15(9)29)7-36-40(33,42)38-14(12)18(37-10)30-16-13(27-28-30)17(31)26-19(22)25-16/h3,5,10,12,14,18H,1-2,6-7H2,(H,32,41)(H,33,42)(H3,22,25,26,31)/t10-,12-,14-,18-,39?,40?/m1/s1. The highest BCUT2D eigenvalue weighted by atomic mass is 32.7. The lowest BCUT2D eigenvalue weighted by Gasteiger charge is -2.23. The predicted octanol–water partition coefficient (Wildman–Crippen LogP) is 0.852. The minimum Gasteiger partial charge on any atom is -0.369 e. The molecular weight excluding hydrogens is 641 g/mol. The van der Waals surface area contributed by atoms with E-state index in [4.69, 9.17) is 40.4 Å². The van der Waals surface area contributed by atoms with Gasteiger partial charge in [-0.05, 0) is 17.9 Å². The van der Waals surface area contributed by atoms with Crippen LogP contribution in [0.5, 0.6) is 0 Å². The maximum atomic E-state index is 15.8. The van der Waals surface area contributed by atoms with E-state index in [0.717, 1.165) is 4.68 Å². The highest BCUT2D eigenvalue weighted by Gasteiger charge is 2.51. The summed E-state index contributed by atoms with van der Waals surface area (Å²) in [6.07, 6.45) is -5.44. The first kappa shape index (κ1) is 29.2. The van der Waals surface area contributed by atoms with E-state index in [2.05, 4.69) is 42.5 Å². The van der Waals surface area contributed by atoms with Crippen molar-refractivity contribution in [3.63, 3.8) is 0 Å². The van der Waals surface area contributed by atoms with Crippen LogP contribution >= 0.6 is 25.8 Å². The van der Waals surface area contributed by atoms with E-state index < -0.39 is 56.9 Å². The fraction of sp³-hybridized carbons (Fsp3) is 0.421. The Labute approximate surface area is 243 Å². The molecule has 1 saturated heterocycles. The number of hydrogen-bond acceptors (Lipinski definition) is 15. The number of rotatable bonds is 1. The topological polar surface area (TPSA) is 240 Å². The van der Waals surface area contributed by atoms with Gasteiger partial charge in [0.1, 0.15) is 36.2 Å². The minimum atomic E-state index is -4.38. The van der Waals surface area contributed by atoms with Crippen molar-refractivity contribution >= 4 is 65.8 Å². The molecule has 2 bridgehead atoms. The number of nitriles is 1. The van der Waals surface area contributed by atoms with Gasteiger partial charge < -0.3 is 29.0 Å². The highest BCUT2D eigenvalue weighted by molar-refractivity contribution is 8.44. The van der Waals surface area contributed by atoms with Crippen LogP contribution in [-0.4, -0.2) is 76.0 Å². The van der Waals surface area contributed by atoms with Gasteiger partial charge in [-0.3, -0.25) is 18.8 Å². The summed E-state index contributed by atoms with van der Waals surface area (Å²) in [5.41, 5.74) is 5.42. The first-order valence-electron chi connectivity index (χ1n) is 11.9. The second kappa shape index (κ2) is 11.0. The van der Waals surface area contributed by atoms with Crippen molar-refractivity contribution < 1.29 is 36.7 Å². The maximum absolute atomic E-state index is 15.8. The van der Waals surface area contributed by atoms with Gasteiger partial charge in [-0.2, -0.15) is 14.9 Å². The lowest BCUT2D eigenvalue weighted by atomic mass is 10.1. The molecule has 0 amide bonds. The molecule has 6 heterocycles. The van der Waals surface area contributed by atoms with Crippen molar-refractivity contribution in [3.8, 4) is 6.07 Å². The van der Waals surface area contributed by atoms with E-state index in [1.54, 1.807) is 0 Å². The second-order valence-corrected chi connectivity index (χ2v) is 14.6.